The van der Waals surface area contributed by atoms with Crippen LogP contribution < -0.4 is 0 Å². The molecule has 1 aromatic rings. The van der Waals surface area contributed by atoms with Crippen molar-refractivity contribution >= 4 is 0 Å². The minimum absolute atomic E-state index is 0.797. The topological polar surface area (TPSA) is 20.2 Å². The summed E-state index contributed by atoms with van der Waals surface area (Å²) >= 11 is 0. The van der Waals surface area contributed by atoms with E-state index < -0.39 is 0 Å². The van der Waals surface area contributed by atoms with E-state index in [4.69, 9.17) is 5.11 Å². The zero-order valence-corrected chi connectivity index (χ0v) is 8.24. The first-order valence-electron chi connectivity index (χ1n) is 5.50. The van der Waals surface area contributed by atoms with E-state index in [1.54, 1.807) is 5.56 Å². The molecule has 0 bridgehead atoms. The zero-order valence-electron chi connectivity index (χ0n) is 8.24. The lowest BCUT2D eigenvalue weighted by Crippen LogP contribution is -1.92. The van der Waals surface area contributed by atoms with Gasteiger partial charge in [0.2, 0.25) is 0 Å². The molecule has 2 fully saturated rings. The highest BCUT2D eigenvalue weighted by Crippen LogP contribution is 2.49. The number of hydrogen-bond acceptors (Lipinski definition) is 1. The Hall–Kier alpha value is -0.820. The maximum atomic E-state index is 8.98. The first-order chi connectivity index (χ1) is 6.88. The predicted octanol–water partition coefficient (Wildman–Crippen LogP) is 3.32. The molecule has 2 aliphatic rings. The molecule has 1 aromatic carbocycles. The summed E-state index contributed by atoms with van der Waals surface area (Å²) in [6.07, 6.45) is 5.41. The second-order valence-electron chi connectivity index (χ2n) is 4.57. The number of aliphatic hydroxyl groups excluding tert-OH is 1. The van der Waals surface area contributed by atoms with Gasteiger partial charge in [-0.3, -0.25) is 0 Å². The lowest BCUT2D eigenvalue weighted by molar-refractivity contribution is 0.414. The van der Waals surface area contributed by atoms with Crippen LogP contribution >= 0.6 is 0 Å². The molecule has 0 aromatic heterocycles. The second kappa shape index (κ2) is 3.09. The fourth-order valence-corrected chi connectivity index (χ4v) is 2.19. The summed E-state index contributed by atoms with van der Waals surface area (Å²) in [6, 6.07) is 6.41. The van der Waals surface area contributed by atoms with Crippen molar-refractivity contribution < 1.29 is 5.11 Å². The molecule has 1 heteroatoms. The van der Waals surface area contributed by atoms with Crippen molar-refractivity contribution in [3.8, 4) is 0 Å². The number of hydrogen-bond donors (Lipinski definition) is 1. The van der Waals surface area contributed by atoms with Crippen LogP contribution in [-0.2, 0) is 0 Å². The van der Waals surface area contributed by atoms with E-state index >= 15 is 0 Å². The Morgan fingerprint density at radius 1 is 1.00 bits per heavy atom. The van der Waals surface area contributed by atoms with Gasteiger partial charge in [-0.1, -0.05) is 18.2 Å². The molecule has 0 unspecified atom stereocenters. The maximum Gasteiger partial charge on any atom is 0.109 e. The molecule has 1 radical (unpaired) electrons. The van der Waals surface area contributed by atoms with Crippen molar-refractivity contribution in [2.24, 2.45) is 0 Å². The van der Waals surface area contributed by atoms with Crippen LogP contribution in [0.25, 0.3) is 0 Å². The minimum Gasteiger partial charge on any atom is -0.385 e. The van der Waals surface area contributed by atoms with E-state index in [0.29, 0.717) is 0 Å². The summed E-state index contributed by atoms with van der Waals surface area (Å²) in [4.78, 5) is 0. The zero-order chi connectivity index (χ0) is 9.54. The van der Waals surface area contributed by atoms with E-state index in [1.807, 2.05) is 6.07 Å². The highest BCUT2D eigenvalue weighted by molar-refractivity contribution is 5.42. The molecule has 0 spiro atoms. The molecule has 1 nitrogen and oxygen atoms in total. The van der Waals surface area contributed by atoms with Crippen molar-refractivity contribution in [3.63, 3.8) is 0 Å². The molecular formula is C13H15O. The Labute approximate surface area is 84.8 Å². The molecule has 73 valence electrons. The molecule has 14 heavy (non-hydrogen) atoms. The van der Waals surface area contributed by atoms with Gasteiger partial charge in [0.1, 0.15) is 6.61 Å². The quantitative estimate of drug-likeness (QED) is 0.769. The largest absolute Gasteiger partial charge is 0.385 e. The molecule has 2 aliphatic carbocycles. The van der Waals surface area contributed by atoms with E-state index in [1.165, 1.54) is 37.9 Å². The minimum atomic E-state index is 0.797. The van der Waals surface area contributed by atoms with Crippen LogP contribution in [0.15, 0.2) is 18.2 Å². The fourth-order valence-electron chi connectivity index (χ4n) is 2.19. The molecule has 3 rings (SSSR count). The standard InChI is InChI=1S/C13H15O/c14-8-9-1-6-12(10-2-3-10)13(7-9)11-4-5-11/h1,6-8,10-11,14H,2-5H2. The van der Waals surface area contributed by atoms with Gasteiger partial charge in [0.15, 0.2) is 0 Å². The van der Waals surface area contributed by atoms with Gasteiger partial charge < -0.3 is 5.11 Å². The van der Waals surface area contributed by atoms with Crippen LogP contribution in [0.2, 0.25) is 0 Å². The average molecular weight is 187 g/mol. The maximum absolute atomic E-state index is 8.98. The fraction of sp³-hybridized carbons (Fsp3) is 0.462. The molecule has 0 aliphatic heterocycles. The van der Waals surface area contributed by atoms with Crippen LogP contribution in [0.3, 0.4) is 0 Å². The summed E-state index contributed by atoms with van der Waals surface area (Å²) in [5.41, 5.74) is 4.02. The first-order valence-corrected chi connectivity index (χ1v) is 5.50. The molecule has 0 saturated heterocycles. The summed E-state index contributed by atoms with van der Waals surface area (Å²) < 4.78 is 0. The third-order valence-corrected chi connectivity index (χ3v) is 3.29. The molecule has 0 heterocycles. The van der Waals surface area contributed by atoms with Crippen LogP contribution in [-0.4, -0.2) is 5.11 Å². The van der Waals surface area contributed by atoms with Gasteiger partial charge in [-0.15, -0.1) is 0 Å². The molecule has 0 amide bonds. The SMILES string of the molecule is O[CH]c1ccc(C2CC2)c(C2CC2)c1. The Bertz CT molecular complexity index is 348. The second-order valence-corrected chi connectivity index (χ2v) is 4.57. The normalized spacial score (nSPS) is 21.2. The summed E-state index contributed by atoms with van der Waals surface area (Å²) in [6.45, 7) is 1.21. The summed E-state index contributed by atoms with van der Waals surface area (Å²) in [7, 11) is 0. The third-order valence-electron chi connectivity index (χ3n) is 3.29. The van der Waals surface area contributed by atoms with Gasteiger partial charge in [0.05, 0.1) is 0 Å². The van der Waals surface area contributed by atoms with E-state index in [0.717, 1.165) is 17.4 Å². The lowest BCUT2D eigenvalue weighted by Gasteiger charge is -2.09. The lowest BCUT2D eigenvalue weighted by atomic mass is 9.97. The van der Waals surface area contributed by atoms with Gasteiger partial charge in [-0.2, -0.15) is 0 Å². The highest BCUT2D eigenvalue weighted by Gasteiger charge is 2.32. The molecule has 2 saturated carbocycles. The van der Waals surface area contributed by atoms with Crippen LogP contribution in [0.1, 0.15) is 54.2 Å². The van der Waals surface area contributed by atoms with Crippen molar-refractivity contribution in [1.82, 2.24) is 0 Å². The van der Waals surface area contributed by atoms with Crippen LogP contribution in [0.4, 0.5) is 0 Å². The van der Waals surface area contributed by atoms with Gasteiger partial charge in [0.25, 0.3) is 0 Å². The van der Waals surface area contributed by atoms with Gasteiger partial charge in [-0.25, -0.2) is 0 Å². The Kier molecular flexibility index (Phi) is 1.88. The van der Waals surface area contributed by atoms with Crippen LogP contribution in [0, 0.1) is 6.61 Å². The van der Waals surface area contributed by atoms with E-state index in [-0.39, 0.29) is 0 Å². The number of benzene rings is 1. The first kappa shape index (κ1) is 8.49. The smallest absolute Gasteiger partial charge is 0.109 e. The average Bonchev–Trinajstić information content (AvgIpc) is 3.04. The van der Waals surface area contributed by atoms with E-state index in [2.05, 4.69) is 12.1 Å². The molecular weight excluding hydrogens is 172 g/mol. The summed E-state index contributed by atoms with van der Waals surface area (Å²) in [5.74, 6) is 1.63. The monoisotopic (exact) mass is 187 g/mol. The van der Waals surface area contributed by atoms with Crippen LogP contribution in [0.5, 0.6) is 0 Å². The Morgan fingerprint density at radius 2 is 1.64 bits per heavy atom. The summed E-state index contributed by atoms with van der Waals surface area (Å²) in [5, 5.41) is 8.98. The number of rotatable bonds is 3. The Morgan fingerprint density at radius 3 is 2.21 bits per heavy atom. The van der Waals surface area contributed by atoms with Crippen molar-refractivity contribution in [1.29, 1.82) is 0 Å². The molecule has 0 atom stereocenters. The van der Waals surface area contributed by atoms with Gasteiger partial charge >= 0.3 is 0 Å². The van der Waals surface area contributed by atoms with Crippen molar-refractivity contribution in [2.45, 2.75) is 37.5 Å². The van der Waals surface area contributed by atoms with Gasteiger partial charge in [0, 0.05) is 0 Å². The van der Waals surface area contributed by atoms with Gasteiger partial charge in [-0.05, 0) is 54.2 Å². The predicted molar refractivity (Wildman–Crippen MR) is 55.7 cm³/mol. The third kappa shape index (κ3) is 1.46. The van der Waals surface area contributed by atoms with E-state index in [9.17, 15) is 0 Å². The highest BCUT2D eigenvalue weighted by atomic mass is 16.3. The van der Waals surface area contributed by atoms with Crippen molar-refractivity contribution in [3.05, 3.63) is 41.5 Å². The molecule has 1 N–H and O–H groups in total. The Balaban J connectivity index is 2.00. The number of aliphatic hydroxyl groups is 1. The van der Waals surface area contributed by atoms with Crippen molar-refractivity contribution in [2.75, 3.05) is 0 Å².